The molecule has 3 atom stereocenters. The molecule has 2 saturated heterocycles. The Labute approximate surface area is 233 Å². The number of hydrogen-bond donors (Lipinski definition) is 2. The monoisotopic (exact) mass is 574 g/mol. The summed E-state index contributed by atoms with van der Waals surface area (Å²) in [4.78, 5) is 17.6. The van der Waals surface area contributed by atoms with Gasteiger partial charge in [-0.05, 0) is 51.4 Å². The fourth-order valence-electron chi connectivity index (χ4n) is 5.50. The first-order valence-corrected chi connectivity index (χ1v) is 14.2. The van der Waals surface area contributed by atoms with E-state index < -0.39 is 18.1 Å². The van der Waals surface area contributed by atoms with Crippen molar-refractivity contribution in [2.24, 2.45) is 0 Å². The largest absolute Gasteiger partial charge is 0.462 e. The average Bonchev–Trinajstić information content (AvgIpc) is 3.46. The van der Waals surface area contributed by atoms with Gasteiger partial charge in [0.2, 0.25) is 0 Å². The number of nitrogen functional groups attached to an aromatic ring is 1. The molecule has 2 unspecified atom stereocenters. The van der Waals surface area contributed by atoms with Crippen molar-refractivity contribution in [2.75, 3.05) is 43.9 Å². The van der Waals surface area contributed by atoms with Crippen molar-refractivity contribution in [1.82, 2.24) is 19.9 Å². The van der Waals surface area contributed by atoms with Crippen LogP contribution in [0.1, 0.15) is 25.7 Å². The number of halogens is 3. The van der Waals surface area contributed by atoms with Gasteiger partial charge in [-0.2, -0.15) is 9.97 Å². The van der Waals surface area contributed by atoms with Gasteiger partial charge in [-0.25, -0.2) is 13.8 Å². The van der Waals surface area contributed by atoms with Crippen LogP contribution in [0.5, 0.6) is 6.01 Å². The Morgan fingerprint density at radius 3 is 2.77 bits per heavy atom. The number of likely N-dealkylation sites (N-methyl/N-ethyl adjacent to an activating group) is 1. The Morgan fingerprint density at radius 2 is 1.97 bits per heavy atom. The van der Waals surface area contributed by atoms with Crippen molar-refractivity contribution in [3.05, 3.63) is 35.1 Å². The lowest BCUT2D eigenvalue weighted by molar-refractivity contribution is 0.0759. The van der Waals surface area contributed by atoms with Crippen LogP contribution in [0, 0.1) is 5.82 Å². The van der Waals surface area contributed by atoms with Crippen molar-refractivity contribution < 1.29 is 18.6 Å². The average molecular weight is 575 g/mol. The third-order valence-corrected chi connectivity index (χ3v) is 8.86. The van der Waals surface area contributed by atoms with Crippen molar-refractivity contribution >= 4 is 55.0 Å². The SMILES string of the molecule is CN1CCC[C@H]1COc1nc(N2CCC(O)C(F)CC2)c2cc(Cl)c(-c3cccc4sc(N)nc34)c(F)c2n1. The molecule has 0 bridgehead atoms. The standard InChI is InChI=1S/C27H29ClF2N6O2S/c1-35-9-3-4-14(35)13-38-27-33-24-16(25(34-27)36-10-7-18(29)19(37)8-11-36)12-17(28)21(22(24)30)15-5-2-6-20-23(15)32-26(31)39-20/h2,5-6,12,14,18-19,37H,3-4,7-11,13H2,1H3,(H2,31,32)/t14-,18?,19?/m0/s1. The van der Waals surface area contributed by atoms with E-state index in [2.05, 4.69) is 19.9 Å². The highest BCUT2D eigenvalue weighted by Crippen LogP contribution is 2.42. The van der Waals surface area contributed by atoms with Crippen LogP contribution in [0.25, 0.3) is 32.2 Å². The minimum Gasteiger partial charge on any atom is -0.462 e. The van der Waals surface area contributed by atoms with Crippen LogP contribution in [0.4, 0.5) is 19.7 Å². The molecule has 2 fully saturated rings. The van der Waals surface area contributed by atoms with Crippen LogP contribution in [-0.4, -0.2) is 76.6 Å². The summed E-state index contributed by atoms with van der Waals surface area (Å²) in [6.45, 7) is 2.00. The van der Waals surface area contributed by atoms with Crippen molar-refractivity contribution in [2.45, 2.75) is 44.0 Å². The number of para-hydroxylation sites is 1. The molecule has 0 saturated carbocycles. The van der Waals surface area contributed by atoms with Gasteiger partial charge in [0.05, 0.1) is 21.3 Å². The number of rotatable bonds is 5. The van der Waals surface area contributed by atoms with E-state index in [0.717, 1.165) is 24.1 Å². The molecule has 0 amide bonds. The summed E-state index contributed by atoms with van der Waals surface area (Å²) in [6.07, 6.45) is 0.0182. The molecule has 206 valence electrons. The molecule has 2 aliphatic rings. The number of hydrogen-bond acceptors (Lipinski definition) is 9. The number of nitrogens with two attached hydrogens (primary N) is 1. The topological polar surface area (TPSA) is 101 Å². The molecule has 0 aliphatic carbocycles. The molecule has 2 aromatic carbocycles. The molecule has 2 aliphatic heterocycles. The molecular formula is C27H29ClF2N6O2S. The molecule has 12 heteroatoms. The number of nitrogens with zero attached hydrogens (tertiary/aromatic N) is 5. The van der Waals surface area contributed by atoms with E-state index in [4.69, 9.17) is 22.1 Å². The normalized spacial score (nSPS) is 22.6. The summed E-state index contributed by atoms with van der Waals surface area (Å²) in [5.41, 5.74) is 7.24. The van der Waals surface area contributed by atoms with Crippen molar-refractivity contribution in [3.63, 3.8) is 0 Å². The van der Waals surface area contributed by atoms with Gasteiger partial charge in [0.25, 0.3) is 0 Å². The first-order chi connectivity index (χ1) is 18.8. The Morgan fingerprint density at radius 1 is 1.15 bits per heavy atom. The molecule has 39 heavy (non-hydrogen) atoms. The van der Waals surface area contributed by atoms with Gasteiger partial charge in [0, 0.05) is 35.6 Å². The molecule has 0 radical (unpaired) electrons. The number of aliphatic hydroxyl groups is 1. The zero-order valence-electron chi connectivity index (χ0n) is 21.4. The van der Waals surface area contributed by atoms with Crippen LogP contribution in [0.15, 0.2) is 24.3 Å². The number of thiazole rings is 1. The summed E-state index contributed by atoms with van der Waals surface area (Å²) in [6, 6.07) is 7.34. The molecule has 2 aromatic heterocycles. The van der Waals surface area contributed by atoms with Gasteiger partial charge in [-0.15, -0.1) is 0 Å². The Kier molecular flexibility index (Phi) is 7.17. The Bertz CT molecular complexity index is 1530. The number of fused-ring (bicyclic) bond motifs is 2. The summed E-state index contributed by atoms with van der Waals surface area (Å²) in [5.74, 6) is -0.221. The number of aromatic nitrogens is 3. The minimum absolute atomic E-state index is 0.0441. The maximum atomic E-state index is 16.5. The lowest BCUT2D eigenvalue weighted by Crippen LogP contribution is -2.31. The van der Waals surface area contributed by atoms with E-state index in [9.17, 15) is 9.50 Å². The van der Waals surface area contributed by atoms with Crippen LogP contribution < -0.4 is 15.4 Å². The number of anilines is 2. The van der Waals surface area contributed by atoms with E-state index in [0.29, 0.717) is 47.1 Å². The second-order valence-corrected chi connectivity index (χ2v) is 11.7. The quantitative estimate of drug-likeness (QED) is 0.341. The molecule has 4 heterocycles. The second kappa shape index (κ2) is 10.6. The maximum absolute atomic E-state index is 16.5. The smallest absolute Gasteiger partial charge is 0.319 e. The summed E-state index contributed by atoms with van der Waals surface area (Å²) in [5, 5.41) is 11.0. The lowest BCUT2D eigenvalue weighted by atomic mass is 10.0. The Hall–Kier alpha value is -2.86. The highest BCUT2D eigenvalue weighted by molar-refractivity contribution is 7.22. The van der Waals surface area contributed by atoms with Gasteiger partial charge >= 0.3 is 6.01 Å². The van der Waals surface area contributed by atoms with Gasteiger partial charge in [-0.3, -0.25) is 0 Å². The predicted molar refractivity (Wildman–Crippen MR) is 151 cm³/mol. The first-order valence-electron chi connectivity index (χ1n) is 13.1. The minimum atomic E-state index is -1.34. The summed E-state index contributed by atoms with van der Waals surface area (Å²) >= 11 is 8.05. The molecule has 8 nitrogen and oxygen atoms in total. The number of aliphatic hydroxyl groups excluding tert-OH is 1. The fourth-order valence-corrected chi connectivity index (χ4v) is 6.56. The number of alkyl halides is 1. The first kappa shape index (κ1) is 26.4. The van der Waals surface area contributed by atoms with Gasteiger partial charge in [0.15, 0.2) is 10.9 Å². The van der Waals surface area contributed by atoms with Crippen LogP contribution in [0.2, 0.25) is 5.02 Å². The van der Waals surface area contributed by atoms with E-state index >= 15 is 4.39 Å². The highest BCUT2D eigenvalue weighted by atomic mass is 35.5. The van der Waals surface area contributed by atoms with Crippen LogP contribution in [-0.2, 0) is 0 Å². The van der Waals surface area contributed by atoms with Gasteiger partial charge in [-0.1, -0.05) is 35.1 Å². The molecule has 3 N–H and O–H groups in total. The van der Waals surface area contributed by atoms with E-state index in [1.165, 1.54) is 11.3 Å². The molecule has 6 rings (SSSR count). The summed E-state index contributed by atoms with van der Waals surface area (Å²) < 4.78 is 37.6. The predicted octanol–water partition coefficient (Wildman–Crippen LogP) is 5.05. The van der Waals surface area contributed by atoms with Gasteiger partial charge < -0.3 is 25.4 Å². The number of benzene rings is 2. The highest BCUT2D eigenvalue weighted by Gasteiger charge is 2.29. The molecular weight excluding hydrogens is 546 g/mol. The third kappa shape index (κ3) is 4.97. The third-order valence-electron chi connectivity index (χ3n) is 7.71. The van der Waals surface area contributed by atoms with Crippen molar-refractivity contribution in [1.29, 1.82) is 0 Å². The summed E-state index contributed by atoms with van der Waals surface area (Å²) in [7, 11) is 2.05. The molecule has 4 aromatic rings. The van der Waals surface area contributed by atoms with Crippen molar-refractivity contribution in [3.8, 4) is 17.1 Å². The van der Waals surface area contributed by atoms with Crippen LogP contribution >= 0.6 is 22.9 Å². The molecule has 0 spiro atoms. The van der Waals surface area contributed by atoms with Crippen LogP contribution in [0.3, 0.4) is 0 Å². The van der Waals surface area contributed by atoms with E-state index in [1.807, 2.05) is 24.1 Å². The van der Waals surface area contributed by atoms with Gasteiger partial charge in [0.1, 0.15) is 24.1 Å². The van der Waals surface area contributed by atoms with E-state index in [1.54, 1.807) is 12.1 Å². The lowest BCUT2D eigenvalue weighted by Gasteiger charge is -2.24. The zero-order valence-corrected chi connectivity index (χ0v) is 23.0. The Balaban J connectivity index is 1.49. The van der Waals surface area contributed by atoms with E-state index in [-0.39, 0.29) is 41.0 Å². The number of ether oxygens (including phenoxy) is 1. The number of likely N-dealkylation sites (tertiary alicyclic amines) is 1. The second-order valence-electron chi connectivity index (χ2n) is 10.2. The fraction of sp³-hybridized carbons (Fsp3) is 0.444. The maximum Gasteiger partial charge on any atom is 0.319 e. The zero-order chi connectivity index (χ0) is 27.3.